The van der Waals surface area contributed by atoms with Crippen LogP contribution in [0.3, 0.4) is 0 Å². The highest BCUT2D eigenvalue weighted by molar-refractivity contribution is 5.87. The summed E-state index contributed by atoms with van der Waals surface area (Å²) in [5.74, 6) is 2.94. The minimum Gasteiger partial charge on any atom is -0.493 e. The Morgan fingerprint density at radius 1 is 0.667 bits per heavy atom. The van der Waals surface area contributed by atoms with Crippen molar-refractivity contribution < 1.29 is 23.5 Å². The largest absolute Gasteiger partial charge is 0.493 e. The van der Waals surface area contributed by atoms with Gasteiger partial charge in [-0.1, -0.05) is 54.6 Å². The SMILES string of the molecule is COc1cc(-c2cc3cc4c(cc3[n+](C)c2)OCO4)cc(-c2ccc(-c3ccccc3)cc2)c1OC. The van der Waals surface area contributed by atoms with Gasteiger partial charge in [0.05, 0.1) is 25.7 Å². The summed E-state index contributed by atoms with van der Waals surface area (Å²) >= 11 is 0. The highest BCUT2D eigenvalue weighted by atomic mass is 16.7. The summed E-state index contributed by atoms with van der Waals surface area (Å²) in [6, 6.07) is 29.3. The zero-order valence-corrected chi connectivity index (χ0v) is 20.4. The normalized spacial score (nSPS) is 12.1. The molecule has 0 fully saturated rings. The van der Waals surface area contributed by atoms with Gasteiger partial charge in [0.2, 0.25) is 12.3 Å². The van der Waals surface area contributed by atoms with Crippen LogP contribution in [0.1, 0.15) is 0 Å². The van der Waals surface area contributed by atoms with E-state index >= 15 is 0 Å². The van der Waals surface area contributed by atoms with Crippen molar-refractivity contribution >= 4 is 10.9 Å². The molecule has 0 spiro atoms. The predicted octanol–water partition coefficient (Wildman–Crippen LogP) is 6.41. The molecule has 36 heavy (non-hydrogen) atoms. The third kappa shape index (κ3) is 3.79. The van der Waals surface area contributed by atoms with Crippen LogP contribution < -0.4 is 23.5 Å². The number of nitrogens with zero attached hydrogens (tertiary/aromatic N) is 1. The molecule has 178 valence electrons. The predicted molar refractivity (Wildman–Crippen MR) is 141 cm³/mol. The lowest BCUT2D eigenvalue weighted by Crippen LogP contribution is -2.28. The lowest BCUT2D eigenvalue weighted by Gasteiger charge is -2.16. The molecule has 5 nitrogen and oxygen atoms in total. The molecule has 0 bridgehead atoms. The number of hydrogen-bond acceptors (Lipinski definition) is 4. The van der Waals surface area contributed by atoms with Gasteiger partial charge < -0.3 is 18.9 Å². The molecule has 0 atom stereocenters. The van der Waals surface area contributed by atoms with Crippen molar-refractivity contribution in [3.8, 4) is 56.4 Å². The van der Waals surface area contributed by atoms with Gasteiger partial charge in [0, 0.05) is 11.1 Å². The highest BCUT2D eigenvalue weighted by Crippen LogP contribution is 2.43. The maximum atomic E-state index is 5.81. The molecular formula is C31H26NO4+. The first-order chi connectivity index (χ1) is 17.6. The number of aryl methyl sites for hydroxylation is 1. The average molecular weight is 477 g/mol. The van der Waals surface area contributed by atoms with Gasteiger partial charge in [-0.05, 0) is 46.5 Å². The van der Waals surface area contributed by atoms with Crippen LogP contribution in [-0.2, 0) is 7.05 Å². The topological polar surface area (TPSA) is 40.8 Å². The maximum Gasteiger partial charge on any atom is 0.231 e. The van der Waals surface area contributed by atoms with Crippen molar-refractivity contribution in [1.82, 2.24) is 0 Å². The molecule has 5 aromatic rings. The Morgan fingerprint density at radius 3 is 2.08 bits per heavy atom. The highest BCUT2D eigenvalue weighted by Gasteiger charge is 2.21. The fraction of sp³-hybridized carbons (Fsp3) is 0.129. The molecule has 0 amide bonds. The van der Waals surface area contributed by atoms with Gasteiger partial charge in [-0.3, -0.25) is 0 Å². The van der Waals surface area contributed by atoms with Crippen LogP contribution in [0.4, 0.5) is 0 Å². The first-order valence-electron chi connectivity index (χ1n) is 11.8. The third-order valence-electron chi connectivity index (χ3n) is 6.66. The maximum absolute atomic E-state index is 5.81. The monoisotopic (exact) mass is 476 g/mol. The van der Waals surface area contributed by atoms with Gasteiger partial charge >= 0.3 is 0 Å². The Hall–Kier alpha value is -4.51. The minimum absolute atomic E-state index is 0.254. The number of fused-ring (bicyclic) bond motifs is 2. The molecule has 0 unspecified atom stereocenters. The third-order valence-corrected chi connectivity index (χ3v) is 6.66. The second-order valence-electron chi connectivity index (χ2n) is 8.81. The Morgan fingerprint density at radius 2 is 1.36 bits per heavy atom. The quantitative estimate of drug-likeness (QED) is 0.275. The minimum atomic E-state index is 0.254. The summed E-state index contributed by atoms with van der Waals surface area (Å²) in [6.45, 7) is 0.254. The van der Waals surface area contributed by atoms with Crippen LogP contribution in [-0.4, -0.2) is 21.0 Å². The number of benzene rings is 4. The van der Waals surface area contributed by atoms with Gasteiger partial charge in [0.1, 0.15) is 7.05 Å². The standard InChI is InChI=1S/C31H26NO4/c1-32-18-25(13-24-16-28-29(17-27(24)32)36-19-35-28)23-14-26(31(34-3)30(15-23)33-2)22-11-9-21(10-12-22)20-7-5-4-6-8-20/h4-18H,19H2,1-3H3/q+1. The van der Waals surface area contributed by atoms with Gasteiger partial charge in [-0.15, -0.1) is 0 Å². The average Bonchev–Trinajstić information content (AvgIpc) is 3.39. The van der Waals surface area contributed by atoms with E-state index in [2.05, 4.69) is 71.4 Å². The van der Waals surface area contributed by atoms with Crippen LogP contribution in [0.5, 0.6) is 23.0 Å². The van der Waals surface area contributed by atoms with E-state index < -0.39 is 0 Å². The number of rotatable bonds is 5. The number of aromatic nitrogens is 1. The second-order valence-corrected chi connectivity index (χ2v) is 8.81. The summed E-state index contributed by atoms with van der Waals surface area (Å²) in [7, 11) is 5.39. The molecule has 4 aromatic carbocycles. The van der Waals surface area contributed by atoms with E-state index in [1.807, 2.05) is 31.3 Å². The number of ether oxygens (including phenoxy) is 4. The molecule has 1 aliphatic rings. The molecule has 5 heteroatoms. The van der Waals surface area contributed by atoms with Gasteiger partial charge in [0.25, 0.3) is 0 Å². The van der Waals surface area contributed by atoms with Gasteiger partial charge in [-0.2, -0.15) is 0 Å². The fourth-order valence-corrected chi connectivity index (χ4v) is 4.83. The zero-order valence-electron chi connectivity index (χ0n) is 20.4. The second kappa shape index (κ2) is 8.93. The van der Waals surface area contributed by atoms with E-state index in [0.717, 1.165) is 44.7 Å². The first kappa shape index (κ1) is 22.0. The fourth-order valence-electron chi connectivity index (χ4n) is 4.83. The zero-order chi connectivity index (χ0) is 24.6. The van der Waals surface area contributed by atoms with E-state index in [9.17, 15) is 0 Å². The van der Waals surface area contributed by atoms with Crippen LogP contribution in [0.25, 0.3) is 44.3 Å². The van der Waals surface area contributed by atoms with Crippen LogP contribution in [0.2, 0.25) is 0 Å². The molecule has 0 saturated heterocycles. The van der Waals surface area contributed by atoms with E-state index in [4.69, 9.17) is 18.9 Å². The Kier molecular flexibility index (Phi) is 5.45. The molecule has 6 rings (SSSR count). The van der Waals surface area contributed by atoms with Crippen LogP contribution >= 0.6 is 0 Å². The van der Waals surface area contributed by atoms with E-state index in [-0.39, 0.29) is 6.79 Å². The smallest absolute Gasteiger partial charge is 0.231 e. The van der Waals surface area contributed by atoms with E-state index in [1.165, 1.54) is 11.1 Å². The summed E-state index contributed by atoms with van der Waals surface area (Å²) in [5, 5.41) is 1.07. The Balaban J connectivity index is 1.48. The van der Waals surface area contributed by atoms with E-state index in [1.54, 1.807) is 14.2 Å². The van der Waals surface area contributed by atoms with Gasteiger partial charge in [0.15, 0.2) is 29.2 Å². The molecule has 2 heterocycles. The lowest BCUT2D eigenvalue weighted by molar-refractivity contribution is -0.644. The number of methoxy groups -OCH3 is 2. The molecular weight excluding hydrogens is 450 g/mol. The van der Waals surface area contributed by atoms with Crippen molar-refractivity contribution in [1.29, 1.82) is 0 Å². The summed E-state index contributed by atoms with van der Waals surface area (Å²) < 4.78 is 24.9. The summed E-state index contributed by atoms with van der Waals surface area (Å²) in [6.07, 6.45) is 2.12. The molecule has 1 aliphatic heterocycles. The summed E-state index contributed by atoms with van der Waals surface area (Å²) in [4.78, 5) is 0. The first-order valence-corrected chi connectivity index (χ1v) is 11.8. The molecule has 0 aliphatic carbocycles. The van der Waals surface area contributed by atoms with E-state index in [0.29, 0.717) is 11.5 Å². The van der Waals surface area contributed by atoms with Crippen molar-refractivity contribution in [2.45, 2.75) is 0 Å². The molecule has 1 aromatic heterocycles. The summed E-state index contributed by atoms with van der Waals surface area (Å²) in [5.41, 5.74) is 7.55. The molecule has 0 saturated carbocycles. The Bertz CT molecular complexity index is 1580. The lowest BCUT2D eigenvalue weighted by atomic mass is 9.95. The molecule has 0 radical (unpaired) electrons. The number of pyridine rings is 1. The van der Waals surface area contributed by atoms with Gasteiger partial charge in [-0.25, -0.2) is 4.57 Å². The van der Waals surface area contributed by atoms with Crippen LogP contribution in [0.15, 0.2) is 91.1 Å². The van der Waals surface area contributed by atoms with Crippen LogP contribution in [0, 0.1) is 0 Å². The van der Waals surface area contributed by atoms with Crippen molar-refractivity contribution in [3.63, 3.8) is 0 Å². The van der Waals surface area contributed by atoms with Crippen molar-refractivity contribution in [3.05, 3.63) is 91.1 Å². The number of hydrogen-bond donors (Lipinski definition) is 0. The van der Waals surface area contributed by atoms with Crippen molar-refractivity contribution in [2.24, 2.45) is 7.05 Å². The van der Waals surface area contributed by atoms with Crippen molar-refractivity contribution in [2.75, 3.05) is 21.0 Å². The molecule has 0 N–H and O–H groups in total. The Labute approximate surface area is 210 Å².